The lowest BCUT2D eigenvalue weighted by molar-refractivity contribution is 0.571. The molecule has 0 aliphatic carbocycles. The quantitative estimate of drug-likeness (QED) is 0.879. The van der Waals surface area contributed by atoms with Gasteiger partial charge in [0.25, 0.3) is 0 Å². The Labute approximate surface area is 106 Å². The first-order valence-electron chi connectivity index (χ1n) is 6.02. The summed E-state index contributed by atoms with van der Waals surface area (Å²) in [5, 5.41) is 7.41. The lowest BCUT2D eigenvalue weighted by Gasteiger charge is -2.15. The van der Waals surface area contributed by atoms with Crippen LogP contribution in [0.4, 0.5) is 4.39 Å². The molecule has 0 aliphatic heterocycles. The van der Waals surface area contributed by atoms with Crippen LogP contribution in [0.25, 0.3) is 0 Å². The fourth-order valence-electron chi connectivity index (χ4n) is 1.93. The molecule has 0 aliphatic rings. The van der Waals surface area contributed by atoms with Crippen molar-refractivity contribution < 1.29 is 4.39 Å². The van der Waals surface area contributed by atoms with Gasteiger partial charge in [-0.15, -0.1) is 0 Å². The maximum Gasteiger partial charge on any atom is 0.141 e. The van der Waals surface area contributed by atoms with Gasteiger partial charge in [-0.05, 0) is 37.6 Å². The highest BCUT2D eigenvalue weighted by atomic mass is 19.1. The molecule has 0 bridgehead atoms. The highest BCUT2D eigenvalue weighted by Gasteiger charge is 2.12. The second-order valence-electron chi connectivity index (χ2n) is 4.19. The highest BCUT2D eigenvalue weighted by molar-refractivity contribution is 5.19. The van der Waals surface area contributed by atoms with E-state index in [1.54, 1.807) is 6.20 Å². The van der Waals surface area contributed by atoms with E-state index in [1.165, 1.54) is 12.3 Å². The van der Waals surface area contributed by atoms with E-state index in [0.29, 0.717) is 0 Å². The van der Waals surface area contributed by atoms with Crippen LogP contribution < -0.4 is 5.32 Å². The van der Waals surface area contributed by atoms with Crippen LogP contribution in [0.1, 0.15) is 24.1 Å². The largest absolute Gasteiger partial charge is 0.313 e. The molecule has 0 aromatic carbocycles. The van der Waals surface area contributed by atoms with Gasteiger partial charge >= 0.3 is 0 Å². The third-order valence-electron chi connectivity index (χ3n) is 2.93. The van der Waals surface area contributed by atoms with Crippen molar-refractivity contribution >= 4 is 0 Å². The summed E-state index contributed by atoms with van der Waals surface area (Å²) in [4.78, 5) is 3.88. The molecule has 1 unspecified atom stereocenters. The summed E-state index contributed by atoms with van der Waals surface area (Å²) in [5.41, 5.74) is 1.97. The van der Waals surface area contributed by atoms with Gasteiger partial charge < -0.3 is 5.32 Å². The lowest BCUT2D eigenvalue weighted by atomic mass is 10.0. The number of aryl methyl sites for hydroxylation is 1. The molecule has 2 heterocycles. The molecule has 0 saturated heterocycles. The minimum Gasteiger partial charge on any atom is -0.313 e. The Morgan fingerprint density at radius 3 is 2.83 bits per heavy atom. The predicted octanol–water partition coefficient (Wildman–Crippen LogP) is 1.94. The Balaban J connectivity index is 2.14. The smallest absolute Gasteiger partial charge is 0.141 e. The van der Waals surface area contributed by atoms with Crippen LogP contribution >= 0.6 is 0 Å². The summed E-state index contributed by atoms with van der Waals surface area (Å²) < 4.78 is 15.0. The second kappa shape index (κ2) is 5.73. The van der Waals surface area contributed by atoms with Gasteiger partial charge in [-0.2, -0.15) is 5.10 Å². The van der Waals surface area contributed by atoms with Crippen LogP contribution in [0.2, 0.25) is 0 Å². The van der Waals surface area contributed by atoms with Crippen molar-refractivity contribution in [3.8, 4) is 0 Å². The number of nitrogens with zero attached hydrogens (tertiary/aromatic N) is 3. The Morgan fingerprint density at radius 2 is 2.22 bits per heavy atom. The average molecular weight is 248 g/mol. The maximum atomic E-state index is 13.2. The third kappa shape index (κ3) is 2.92. The van der Waals surface area contributed by atoms with Crippen LogP contribution in [-0.2, 0) is 13.0 Å². The standard InChI is InChI=1S/C13H17FN4/c1-3-18-9-10(6-17-18)4-13(15-2)11-5-12(14)8-16-7-11/h5-9,13,15H,3-4H2,1-2H3. The third-order valence-corrected chi connectivity index (χ3v) is 2.93. The molecule has 0 spiro atoms. The van der Waals surface area contributed by atoms with Gasteiger partial charge in [0.2, 0.25) is 0 Å². The molecule has 1 N–H and O–H groups in total. The van der Waals surface area contributed by atoms with Crippen LogP contribution in [0.15, 0.2) is 30.9 Å². The molecule has 2 aromatic rings. The number of likely N-dealkylation sites (N-methyl/N-ethyl adjacent to an activating group) is 1. The predicted molar refractivity (Wildman–Crippen MR) is 67.6 cm³/mol. The molecule has 2 rings (SSSR count). The Kier molecular flexibility index (Phi) is 4.04. The first-order chi connectivity index (χ1) is 8.72. The molecule has 18 heavy (non-hydrogen) atoms. The second-order valence-corrected chi connectivity index (χ2v) is 4.19. The van der Waals surface area contributed by atoms with E-state index in [9.17, 15) is 4.39 Å². The van der Waals surface area contributed by atoms with Gasteiger partial charge in [0, 0.05) is 25.0 Å². The van der Waals surface area contributed by atoms with Crippen LogP contribution in [0, 0.1) is 5.82 Å². The fourth-order valence-corrected chi connectivity index (χ4v) is 1.93. The topological polar surface area (TPSA) is 42.7 Å². The summed E-state index contributed by atoms with van der Waals surface area (Å²) >= 11 is 0. The molecule has 96 valence electrons. The molecule has 1 atom stereocenters. The molecule has 0 radical (unpaired) electrons. The number of pyridine rings is 1. The molecular formula is C13H17FN4. The van der Waals surface area contributed by atoms with Gasteiger partial charge in [0.05, 0.1) is 12.4 Å². The Bertz CT molecular complexity index is 509. The summed E-state index contributed by atoms with van der Waals surface area (Å²) in [5.74, 6) is -0.308. The SMILES string of the molecule is CCn1cc(CC(NC)c2cncc(F)c2)cn1. The number of hydrogen-bond donors (Lipinski definition) is 1. The molecule has 2 aromatic heterocycles. The Hall–Kier alpha value is -1.75. The van der Waals surface area contributed by atoms with Gasteiger partial charge in [0.15, 0.2) is 0 Å². The monoisotopic (exact) mass is 248 g/mol. The lowest BCUT2D eigenvalue weighted by Crippen LogP contribution is -2.19. The zero-order valence-corrected chi connectivity index (χ0v) is 10.6. The van der Waals surface area contributed by atoms with Crippen molar-refractivity contribution in [2.24, 2.45) is 0 Å². The minimum atomic E-state index is -0.308. The average Bonchev–Trinajstić information content (AvgIpc) is 2.83. The summed E-state index contributed by atoms with van der Waals surface area (Å²) in [6.07, 6.45) is 7.53. The molecule has 5 heteroatoms. The number of aromatic nitrogens is 3. The normalized spacial score (nSPS) is 12.6. The van der Waals surface area contributed by atoms with E-state index in [4.69, 9.17) is 0 Å². The highest BCUT2D eigenvalue weighted by Crippen LogP contribution is 2.17. The van der Waals surface area contributed by atoms with Crippen LogP contribution in [0.5, 0.6) is 0 Å². The first kappa shape index (κ1) is 12.7. The van der Waals surface area contributed by atoms with Crippen molar-refractivity contribution in [3.05, 3.63) is 47.8 Å². The van der Waals surface area contributed by atoms with Crippen LogP contribution in [-0.4, -0.2) is 21.8 Å². The van der Waals surface area contributed by atoms with Crippen molar-refractivity contribution in [1.29, 1.82) is 0 Å². The van der Waals surface area contributed by atoms with Gasteiger partial charge in [-0.25, -0.2) is 4.39 Å². The maximum absolute atomic E-state index is 13.2. The van der Waals surface area contributed by atoms with Crippen molar-refractivity contribution in [2.75, 3.05) is 7.05 Å². The van der Waals surface area contributed by atoms with E-state index in [-0.39, 0.29) is 11.9 Å². The van der Waals surface area contributed by atoms with Gasteiger partial charge in [-0.1, -0.05) is 0 Å². The summed E-state index contributed by atoms with van der Waals surface area (Å²) in [6, 6.07) is 1.56. The number of rotatable bonds is 5. The molecule has 4 nitrogen and oxygen atoms in total. The fraction of sp³-hybridized carbons (Fsp3) is 0.385. The zero-order valence-electron chi connectivity index (χ0n) is 10.6. The van der Waals surface area contributed by atoms with E-state index in [2.05, 4.69) is 15.4 Å². The van der Waals surface area contributed by atoms with E-state index in [1.807, 2.05) is 31.0 Å². The van der Waals surface area contributed by atoms with E-state index < -0.39 is 0 Å². The molecule has 0 amide bonds. The number of hydrogen-bond acceptors (Lipinski definition) is 3. The molecule has 0 saturated carbocycles. The molecular weight excluding hydrogens is 231 g/mol. The van der Waals surface area contributed by atoms with E-state index in [0.717, 1.165) is 24.1 Å². The summed E-state index contributed by atoms with van der Waals surface area (Å²) in [6.45, 7) is 2.90. The van der Waals surface area contributed by atoms with Gasteiger partial charge in [0.1, 0.15) is 5.82 Å². The summed E-state index contributed by atoms with van der Waals surface area (Å²) in [7, 11) is 1.86. The van der Waals surface area contributed by atoms with Gasteiger partial charge in [-0.3, -0.25) is 9.67 Å². The van der Waals surface area contributed by atoms with Crippen molar-refractivity contribution in [1.82, 2.24) is 20.1 Å². The number of halogens is 1. The number of nitrogens with one attached hydrogen (secondary N) is 1. The zero-order chi connectivity index (χ0) is 13.0. The minimum absolute atomic E-state index is 0.0442. The van der Waals surface area contributed by atoms with E-state index >= 15 is 0 Å². The molecule has 0 fully saturated rings. The van der Waals surface area contributed by atoms with Crippen molar-refractivity contribution in [3.63, 3.8) is 0 Å². The van der Waals surface area contributed by atoms with Crippen molar-refractivity contribution in [2.45, 2.75) is 25.9 Å². The first-order valence-corrected chi connectivity index (χ1v) is 6.02. The van der Waals surface area contributed by atoms with Crippen LogP contribution in [0.3, 0.4) is 0 Å². The Morgan fingerprint density at radius 1 is 1.39 bits per heavy atom.